The van der Waals surface area contributed by atoms with Gasteiger partial charge in [0.25, 0.3) is 5.69 Å². The minimum Gasteiger partial charge on any atom is -0.422 e. The molecular formula is C13H6Cl4N2O4. The number of ether oxygens (including phenoxy) is 1. The van der Waals surface area contributed by atoms with Crippen LogP contribution in [0.25, 0.3) is 0 Å². The first kappa shape index (κ1) is 17.7. The molecule has 0 unspecified atom stereocenters. The number of hydrogen-bond acceptors (Lipinski definition) is 5. The van der Waals surface area contributed by atoms with Gasteiger partial charge >= 0.3 is 5.97 Å². The van der Waals surface area contributed by atoms with E-state index in [0.717, 1.165) is 0 Å². The third kappa shape index (κ3) is 3.67. The number of rotatable bonds is 3. The van der Waals surface area contributed by atoms with E-state index in [1.165, 1.54) is 25.1 Å². The third-order valence-electron chi connectivity index (χ3n) is 2.75. The SMILES string of the molecule is Cc1cc(OC(=O)c2nc(Cl)c(Cl)c(Cl)c2Cl)ccc1[N+](=O)[O-]. The molecule has 0 radical (unpaired) electrons. The number of nitro groups is 1. The van der Waals surface area contributed by atoms with Crippen molar-refractivity contribution in [3.63, 3.8) is 0 Å². The summed E-state index contributed by atoms with van der Waals surface area (Å²) >= 11 is 23.3. The Bertz CT molecular complexity index is 826. The zero-order chi connectivity index (χ0) is 17.3. The van der Waals surface area contributed by atoms with Crippen LogP contribution in [-0.4, -0.2) is 15.9 Å². The summed E-state index contributed by atoms with van der Waals surface area (Å²) in [5.74, 6) is -0.845. The first-order chi connectivity index (χ1) is 10.7. The monoisotopic (exact) mass is 394 g/mol. The smallest absolute Gasteiger partial charge is 0.364 e. The molecule has 120 valence electrons. The molecule has 2 rings (SSSR count). The van der Waals surface area contributed by atoms with E-state index in [9.17, 15) is 14.9 Å². The topological polar surface area (TPSA) is 82.3 Å². The molecule has 1 aromatic carbocycles. The molecule has 0 saturated carbocycles. The summed E-state index contributed by atoms with van der Waals surface area (Å²) in [7, 11) is 0. The van der Waals surface area contributed by atoms with Crippen LogP contribution in [-0.2, 0) is 0 Å². The van der Waals surface area contributed by atoms with Crippen molar-refractivity contribution < 1.29 is 14.5 Å². The fraction of sp³-hybridized carbons (Fsp3) is 0.0769. The quantitative estimate of drug-likeness (QED) is 0.236. The van der Waals surface area contributed by atoms with Crippen LogP contribution in [0.2, 0.25) is 20.2 Å². The highest BCUT2D eigenvalue weighted by molar-refractivity contribution is 6.52. The highest BCUT2D eigenvalue weighted by Crippen LogP contribution is 2.36. The lowest BCUT2D eigenvalue weighted by Crippen LogP contribution is -2.12. The molecule has 0 spiro atoms. The van der Waals surface area contributed by atoms with E-state index in [1.54, 1.807) is 0 Å². The molecule has 0 bridgehead atoms. The molecule has 0 fully saturated rings. The van der Waals surface area contributed by atoms with Crippen molar-refractivity contribution in [1.82, 2.24) is 4.98 Å². The number of carbonyl (C=O) groups excluding carboxylic acids is 1. The predicted octanol–water partition coefficient (Wildman–Crippen LogP) is 5.13. The number of esters is 1. The van der Waals surface area contributed by atoms with Crippen molar-refractivity contribution in [3.05, 3.63) is 59.8 Å². The van der Waals surface area contributed by atoms with Crippen molar-refractivity contribution in [2.75, 3.05) is 0 Å². The van der Waals surface area contributed by atoms with E-state index in [4.69, 9.17) is 51.1 Å². The maximum Gasteiger partial charge on any atom is 0.364 e. The number of pyridine rings is 1. The molecule has 10 heteroatoms. The van der Waals surface area contributed by atoms with Crippen molar-refractivity contribution in [3.8, 4) is 5.75 Å². The third-order valence-corrected chi connectivity index (χ3v) is 4.43. The first-order valence-corrected chi connectivity index (χ1v) is 7.40. The zero-order valence-electron chi connectivity index (χ0n) is 11.3. The van der Waals surface area contributed by atoms with Crippen LogP contribution in [0.3, 0.4) is 0 Å². The Morgan fingerprint density at radius 1 is 1.17 bits per heavy atom. The minimum atomic E-state index is -0.927. The van der Waals surface area contributed by atoms with Crippen LogP contribution in [0.5, 0.6) is 5.75 Å². The normalized spacial score (nSPS) is 10.5. The number of aryl methyl sites for hydroxylation is 1. The van der Waals surface area contributed by atoms with Gasteiger partial charge in [0.1, 0.15) is 10.9 Å². The summed E-state index contributed by atoms with van der Waals surface area (Å²) in [5.41, 5.74) is -0.0906. The van der Waals surface area contributed by atoms with Gasteiger partial charge in [0.2, 0.25) is 0 Å². The molecule has 0 aliphatic rings. The lowest BCUT2D eigenvalue weighted by molar-refractivity contribution is -0.385. The van der Waals surface area contributed by atoms with Gasteiger partial charge in [-0.25, -0.2) is 9.78 Å². The Balaban J connectivity index is 2.33. The van der Waals surface area contributed by atoms with Gasteiger partial charge < -0.3 is 4.74 Å². The summed E-state index contributed by atoms with van der Waals surface area (Å²) in [4.78, 5) is 26.1. The Kier molecular flexibility index (Phi) is 5.31. The van der Waals surface area contributed by atoms with Gasteiger partial charge in [-0.2, -0.15) is 0 Å². The molecule has 6 nitrogen and oxygen atoms in total. The van der Waals surface area contributed by atoms with Gasteiger partial charge in [0.15, 0.2) is 5.69 Å². The Morgan fingerprint density at radius 3 is 2.39 bits per heavy atom. The van der Waals surface area contributed by atoms with Crippen LogP contribution >= 0.6 is 46.4 Å². The summed E-state index contributed by atoms with van der Waals surface area (Å²) in [6.07, 6.45) is 0. The molecule has 0 aliphatic heterocycles. The molecule has 2 aromatic rings. The van der Waals surface area contributed by atoms with Crippen molar-refractivity contribution in [1.29, 1.82) is 0 Å². The standard InChI is InChI=1S/C13H6Cl4N2O4/c1-5-4-6(2-3-7(5)19(21)22)23-13(20)11-9(15)8(14)10(16)12(17)18-11/h2-4H,1H3. The van der Waals surface area contributed by atoms with E-state index in [0.29, 0.717) is 5.56 Å². The molecule has 23 heavy (non-hydrogen) atoms. The lowest BCUT2D eigenvalue weighted by Gasteiger charge is -2.08. The number of benzene rings is 1. The minimum absolute atomic E-state index is 0.0816. The number of hydrogen-bond donors (Lipinski definition) is 0. The Labute approximate surface area is 150 Å². The van der Waals surface area contributed by atoms with Gasteiger partial charge in [-0.3, -0.25) is 10.1 Å². The van der Waals surface area contributed by atoms with Gasteiger partial charge in [-0.1, -0.05) is 46.4 Å². The fourth-order valence-electron chi connectivity index (χ4n) is 1.67. The van der Waals surface area contributed by atoms with E-state index in [2.05, 4.69) is 4.98 Å². The number of nitro benzene ring substituents is 1. The highest BCUT2D eigenvalue weighted by Gasteiger charge is 2.22. The van der Waals surface area contributed by atoms with Gasteiger partial charge in [-0.15, -0.1) is 0 Å². The van der Waals surface area contributed by atoms with Crippen molar-refractivity contribution in [2.24, 2.45) is 0 Å². The average Bonchev–Trinajstić information content (AvgIpc) is 2.48. The largest absolute Gasteiger partial charge is 0.422 e. The summed E-state index contributed by atoms with van der Waals surface area (Å²) < 4.78 is 5.08. The number of halogens is 4. The van der Waals surface area contributed by atoms with Crippen molar-refractivity contribution >= 4 is 58.1 Å². The van der Waals surface area contributed by atoms with Crippen molar-refractivity contribution in [2.45, 2.75) is 6.92 Å². The van der Waals surface area contributed by atoms with Gasteiger partial charge in [-0.05, 0) is 19.1 Å². The van der Waals surface area contributed by atoms with Crippen LogP contribution in [0.15, 0.2) is 18.2 Å². The number of carbonyl (C=O) groups is 1. The Hall–Kier alpha value is -1.60. The molecular weight excluding hydrogens is 390 g/mol. The molecule has 1 heterocycles. The molecule has 0 saturated heterocycles. The van der Waals surface area contributed by atoms with Gasteiger partial charge in [0, 0.05) is 11.6 Å². The van der Waals surface area contributed by atoms with Crippen LogP contribution < -0.4 is 4.74 Å². The molecule has 0 aliphatic carbocycles. The second kappa shape index (κ2) is 6.88. The van der Waals surface area contributed by atoms with E-state index < -0.39 is 10.9 Å². The number of aromatic nitrogens is 1. The van der Waals surface area contributed by atoms with E-state index >= 15 is 0 Å². The van der Waals surface area contributed by atoms with E-state index in [-0.39, 0.29) is 37.4 Å². The Morgan fingerprint density at radius 2 is 1.83 bits per heavy atom. The van der Waals surface area contributed by atoms with Gasteiger partial charge in [0.05, 0.1) is 20.0 Å². The summed E-state index contributed by atoms with van der Waals surface area (Å²) in [6.45, 7) is 1.51. The second-order valence-electron chi connectivity index (χ2n) is 4.29. The maximum absolute atomic E-state index is 12.1. The molecule has 0 amide bonds. The summed E-state index contributed by atoms with van der Waals surface area (Å²) in [6, 6.07) is 3.83. The molecule has 0 N–H and O–H groups in total. The first-order valence-electron chi connectivity index (χ1n) is 5.89. The second-order valence-corrected chi connectivity index (χ2v) is 5.78. The van der Waals surface area contributed by atoms with E-state index in [1.807, 2.05) is 0 Å². The molecule has 0 atom stereocenters. The predicted molar refractivity (Wildman–Crippen MR) is 87.1 cm³/mol. The van der Waals surface area contributed by atoms with Crippen LogP contribution in [0, 0.1) is 17.0 Å². The zero-order valence-corrected chi connectivity index (χ0v) is 14.3. The number of nitrogens with zero attached hydrogens (tertiary/aromatic N) is 2. The summed E-state index contributed by atoms with van der Waals surface area (Å²) in [5, 5.41) is 10.1. The lowest BCUT2D eigenvalue weighted by atomic mass is 10.2. The maximum atomic E-state index is 12.1. The average molecular weight is 396 g/mol. The molecule has 1 aromatic heterocycles. The van der Waals surface area contributed by atoms with Crippen LogP contribution in [0.4, 0.5) is 5.69 Å². The van der Waals surface area contributed by atoms with Crippen LogP contribution in [0.1, 0.15) is 16.1 Å². The fourth-order valence-corrected chi connectivity index (χ4v) is 2.48. The highest BCUT2D eigenvalue weighted by atomic mass is 35.5.